The Balaban J connectivity index is 1.66. The van der Waals surface area contributed by atoms with Gasteiger partial charge < -0.3 is 10.1 Å². The lowest BCUT2D eigenvalue weighted by Gasteiger charge is -2.12. The highest BCUT2D eigenvalue weighted by Gasteiger charge is 2.17. The van der Waals surface area contributed by atoms with E-state index in [0.29, 0.717) is 23.4 Å². The molecule has 3 aromatic rings. The fourth-order valence-electron chi connectivity index (χ4n) is 3.00. The number of aryl methyl sites for hydroxylation is 1. The summed E-state index contributed by atoms with van der Waals surface area (Å²) < 4.78 is 7.83. The maximum Gasteiger partial charge on any atom is 0.321 e. The largest absolute Gasteiger partial charge is 0.485 e. The third kappa shape index (κ3) is 7.35. The topological polar surface area (TPSA) is 98.1 Å². The average molecular weight is 468 g/mol. The van der Waals surface area contributed by atoms with Crippen LogP contribution in [0.1, 0.15) is 31.7 Å². The Kier molecular flexibility index (Phi) is 8.88. The van der Waals surface area contributed by atoms with E-state index >= 15 is 0 Å². The molecular weight excluding hydrogens is 438 g/mol. The van der Waals surface area contributed by atoms with Gasteiger partial charge in [0.1, 0.15) is 12.4 Å². The highest BCUT2D eigenvalue weighted by atomic mass is 32.2. The summed E-state index contributed by atoms with van der Waals surface area (Å²) in [6, 6.07) is 16.9. The number of hydrogen-bond donors (Lipinski definition) is 2. The smallest absolute Gasteiger partial charge is 0.321 e. The van der Waals surface area contributed by atoms with Crippen molar-refractivity contribution in [2.75, 3.05) is 12.3 Å². The van der Waals surface area contributed by atoms with Gasteiger partial charge in [-0.25, -0.2) is 4.79 Å². The number of thioether (sulfide) groups is 1. The normalized spacial score (nSPS) is 10.8. The lowest BCUT2D eigenvalue weighted by molar-refractivity contribution is -0.117. The summed E-state index contributed by atoms with van der Waals surface area (Å²) in [7, 11) is 0. The van der Waals surface area contributed by atoms with Crippen LogP contribution in [0.25, 0.3) is 5.69 Å². The number of ether oxygens (including phenoxy) is 1. The molecule has 0 fully saturated rings. The molecule has 8 nitrogen and oxygen atoms in total. The maximum absolute atomic E-state index is 12.3. The third-order valence-corrected chi connectivity index (χ3v) is 5.69. The van der Waals surface area contributed by atoms with Crippen molar-refractivity contribution in [1.29, 1.82) is 0 Å². The first-order chi connectivity index (χ1) is 15.9. The van der Waals surface area contributed by atoms with E-state index in [2.05, 4.69) is 34.7 Å². The number of nitrogens with zero attached hydrogens (tertiary/aromatic N) is 3. The van der Waals surface area contributed by atoms with E-state index < -0.39 is 11.9 Å². The number of nitrogens with one attached hydrogen (secondary N) is 2. The average Bonchev–Trinajstić information content (AvgIpc) is 3.20. The van der Waals surface area contributed by atoms with Crippen molar-refractivity contribution < 1.29 is 14.3 Å². The van der Waals surface area contributed by atoms with Crippen molar-refractivity contribution in [2.24, 2.45) is 5.92 Å². The minimum atomic E-state index is -0.488. The number of benzene rings is 2. The van der Waals surface area contributed by atoms with E-state index in [9.17, 15) is 9.59 Å². The summed E-state index contributed by atoms with van der Waals surface area (Å²) in [6.45, 7) is 6.87. The molecular formula is C24H29N5O3S. The van der Waals surface area contributed by atoms with Crippen LogP contribution in [-0.2, 0) is 11.4 Å². The molecule has 33 heavy (non-hydrogen) atoms. The molecule has 1 heterocycles. The summed E-state index contributed by atoms with van der Waals surface area (Å²) >= 11 is 1.21. The molecule has 0 aliphatic heterocycles. The Morgan fingerprint density at radius 2 is 1.79 bits per heavy atom. The molecule has 0 aliphatic rings. The second-order valence-electron chi connectivity index (χ2n) is 7.90. The molecule has 0 saturated heterocycles. The van der Waals surface area contributed by atoms with Crippen molar-refractivity contribution in [3.05, 3.63) is 66.0 Å². The molecule has 0 saturated carbocycles. The van der Waals surface area contributed by atoms with Gasteiger partial charge in [-0.05, 0) is 43.0 Å². The summed E-state index contributed by atoms with van der Waals surface area (Å²) in [5, 5.41) is 14.1. The number of aromatic nitrogens is 3. The molecule has 0 bridgehead atoms. The molecule has 0 atom stereocenters. The van der Waals surface area contributed by atoms with Crippen LogP contribution in [0.3, 0.4) is 0 Å². The van der Waals surface area contributed by atoms with Crippen molar-refractivity contribution in [1.82, 2.24) is 25.4 Å². The second kappa shape index (κ2) is 12.1. The predicted octanol–water partition coefficient (Wildman–Crippen LogP) is 4.12. The van der Waals surface area contributed by atoms with E-state index in [0.717, 1.165) is 23.4 Å². The number of rotatable bonds is 10. The van der Waals surface area contributed by atoms with Gasteiger partial charge in [0.15, 0.2) is 11.0 Å². The van der Waals surface area contributed by atoms with E-state index in [1.54, 1.807) is 0 Å². The number of hydrogen-bond acceptors (Lipinski definition) is 6. The molecule has 0 aliphatic carbocycles. The molecule has 9 heteroatoms. The minimum absolute atomic E-state index is 0.0290. The number of carbonyl (C=O) groups is 2. The minimum Gasteiger partial charge on any atom is -0.485 e. The van der Waals surface area contributed by atoms with Crippen molar-refractivity contribution in [3.8, 4) is 11.4 Å². The zero-order valence-corrected chi connectivity index (χ0v) is 19.9. The molecule has 0 spiro atoms. The van der Waals surface area contributed by atoms with Gasteiger partial charge >= 0.3 is 6.03 Å². The Morgan fingerprint density at radius 3 is 2.52 bits per heavy atom. The van der Waals surface area contributed by atoms with E-state index in [1.165, 1.54) is 11.8 Å². The Hall–Kier alpha value is -3.33. The zero-order valence-electron chi connectivity index (χ0n) is 19.1. The highest BCUT2D eigenvalue weighted by Crippen LogP contribution is 2.24. The van der Waals surface area contributed by atoms with Gasteiger partial charge in [-0.3, -0.25) is 14.7 Å². The number of carbonyl (C=O) groups excluding carboxylic acids is 2. The second-order valence-corrected chi connectivity index (χ2v) is 8.84. The van der Waals surface area contributed by atoms with Gasteiger partial charge in [-0.2, -0.15) is 0 Å². The van der Waals surface area contributed by atoms with Crippen LogP contribution in [-0.4, -0.2) is 39.0 Å². The molecule has 3 amide bonds. The number of para-hydroxylation sites is 2. The van der Waals surface area contributed by atoms with E-state index in [-0.39, 0.29) is 12.4 Å². The van der Waals surface area contributed by atoms with Crippen LogP contribution in [0, 0.1) is 12.8 Å². The van der Waals surface area contributed by atoms with Crippen molar-refractivity contribution >= 4 is 23.7 Å². The van der Waals surface area contributed by atoms with Crippen molar-refractivity contribution in [3.63, 3.8) is 0 Å². The molecule has 1 aromatic heterocycles. The molecule has 174 valence electrons. The summed E-state index contributed by atoms with van der Waals surface area (Å²) in [6.07, 6.45) is 0.851. The molecule has 2 aromatic carbocycles. The van der Waals surface area contributed by atoms with Crippen LogP contribution in [0.4, 0.5) is 4.79 Å². The predicted molar refractivity (Wildman–Crippen MR) is 129 cm³/mol. The van der Waals surface area contributed by atoms with Gasteiger partial charge in [0.2, 0.25) is 5.91 Å². The van der Waals surface area contributed by atoms with E-state index in [1.807, 2.05) is 66.1 Å². The third-order valence-electron chi connectivity index (χ3n) is 4.76. The van der Waals surface area contributed by atoms with Crippen LogP contribution < -0.4 is 15.4 Å². The Bertz CT molecular complexity index is 1070. The fourth-order valence-corrected chi connectivity index (χ4v) is 3.77. The molecule has 2 N–H and O–H groups in total. The van der Waals surface area contributed by atoms with Gasteiger partial charge in [-0.1, -0.05) is 62.0 Å². The van der Waals surface area contributed by atoms with Crippen LogP contribution >= 0.6 is 11.8 Å². The quantitative estimate of drug-likeness (QED) is 0.435. The SMILES string of the molecule is Cc1ccccc1OCc1nnc(SCC(=O)NC(=O)NCCC(C)C)n1-c1ccccc1. The first-order valence-electron chi connectivity index (χ1n) is 10.8. The molecule has 0 radical (unpaired) electrons. The lowest BCUT2D eigenvalue weighted by atomic mass is 10.1. The number of imide groups is 1. The van der Waals surface area contributed by atoms with Gasteiger partial charge in [-0.15, -0.1) is 10.2 Å². The first kappa shape index (κ1) is 24.3. The number of urea groups is 1. The molecule has 0 unspecified atom stereocenters. The standard InChI is InChI=1S/C24H29N5O3S/c1-17(2)13-14-25-23(31)26-22(30)16-33-24-28-27-21(29(24)19-10-5-4-6-11-19)15-32-20-12-8-7-9-18(20)3/h4-12,17H,13-16H2,1-3H3,(H2,25,26,30,31). The van der Waals surface area contributed by atoms with Gasteiger partial charge in [0.05, 0.1) is 5.75 Å². The monoisotopic (exact) mass is 467 g/mol. The van der Waals surface area contributed by atoms with Gasteiger partial charge in [0.25, 0.3) is 0 Å². The maximum atomic E-state index is 12.3. The fraction of sp³-hybridized carbons (Fsp3) is 0.333. The summed E-state index contributed by atoms with van der Waals surface area (Å²) in [5.74, 6) is 1.49. The van der Waals surface area contributed by atoms with Crippen LogP contribution in [0.15, 0.2) is 59.8 Å². The van der Waals surface area contributed by atoms with Crippen molar-refractivity contribution in [2.45, 2.75) is 39.0 Å². The first-order valence-corrected chi connectivity index (χ1v) is 11.8. The summed E-state index contributed by atoms with van der Waals surface area (Å²) in [4.78, 5) is 24.1. The van der Waals surface area contributed by atoms with E-state index in [4.69, 9.17) is 4.74 Å². The van der Waals surface area contributed by atoms with Crippen LogP contribution in [0.5, 0.6) is 5.75 Å². The lowest BCUT2D eigenvalue weighted by Crippen LogP contribution is -2.40. The summed E-state index contributed by atoms with van der Waals surface area (Å²) in [5.41, 5.74) is 1.89. The number of amides is 3. The van der Waals surface area contributed by atoms with Gasteiger partial charge in [0, 0.05) is 12.2 Å². The molecule has 3 rings (SSSR count). The Labute approximate surface area is 198 Å². The van der Waals surface area contributed by atoms with Crippen LogP contribution in [0.2, 0.25) is 0 Å². The highest BCUT2D eigenvalue weighted by molar-refractivity contribution is 7.99. The Morgan fingerprint density at radius 1 is 1.06 bits per heavy atom. The zero-order chi connectivity index (χ0) is 23.6.